The molecular weight excluding hydrogens is 314 g/mol. The second-order valence-corrected chi connectivity index (χ2v) is 6.32. The van der Waals surface area contributed by atoms with E-state index in [9.17, 15) is 0 Å². The molecule has 106 valence electrons. The van der Waals surface area contributed by atoms with Crippen molar-refractivity contribution in [2.24, 2.45) is 5.73 Å². The van der Waals surface area contributed by atoms with Crippen molar-refractivity contribution in [2.75, 3.05) is 0 Å². The Morgan fingerprint density at radius 2 is 1.40 bits per heavy atom. The molecule has 20 heavy (non-hydrogen) atoms. The van der Waals surface area contributed by atoms with Gasteiger partial charge >= 0.3 is 0 Å². The lowest BCUT2D eigenvalue weighted by molar-refractivity contribution is 0.242. The van der Waals surface area contributed by atoms with Crippen molar-refractivity contribution in [3.05, 3.63) is 64.1 Å². The van der Waals surface area contributed by atoms with Gasteiger partial charge in [0.15, 0.2) is 0 Å². The molecule has 0 aliphatic heterocycles. The van der Waals surface area contributed by atoms with Gasteiger partial charge in [0.25, 0.3) is 0 Å². The first kappa shape index (κ1) is 15.1. The van der Waals surface area contributed by atoms with Crippen LogP contribution >= 0.6 is 15.9 Å². The molecule has 2 rings (SSSR count). The normalized spacial score (nSPS) is 14.1. The highest BCUT2D eigenvalue weighted by molar-refractivity contribution is 9.10. The second kappa shape index (κ2) is 5.98. The topological polar surface area (TPSA) is 35.2 Å². The Labute approximate surface area is 129 Å². The Bertz CT molecular complexity index is 559. The summed E-state index contributed by atoms with van der Waals surface area (Å²) in [6, 6.07) is 16.1. The van der Waals surface area contributed by atoms with Crippen LogP contribution in [-0.2, 0) is 5.54 Å². The van der Waals surface area contributed by atoms with E-state index in [1.165, 1.54) is 0 Å². The van der Waals surface area contributed by atoms with Gasteiger partial charge in [-0.05, 0) is 56.2 Å². The Balaban J connectivity index is 2.27. The number of hydrogen-bond acceptors (Lipinski definition) is 2. The molecule has 0 radical (unpaired) electrons. The van der Waals surface area contributed by atoms with Gasteiger partial charge in [0.2, 0.25) is 0 Å². The van der Waals surface area contributed by atoms with Crippen LogP contribution in [0.25, 0.3) is 0 Å². The molecule has 0 aromatic heterocycles. The van der Waals surface area contributed by atoms with E-state index in [0.29, 0.717) is 0 Å². The molecule has 2 aromatic rings. The maximum Gasteiger partial charge on any atom is 0.119 e. The number of hydrogen-bond donors (Lipinski definition) is 1. The molecule has 0 spiro atoms. The number of nitrogens with two attached hydrogens (primary N) is 1. The summed E-state index contributed by atoms with van der Waals surface area (Å²) in [6.45, 7) is 6.06. The molecule has 0 heterocycles. The molecule has 2 N–H and O–H groups in total. The molecule has 0 bridgehead atoms. The standard InChI is InChI=1S/C17H20BrNO/c1-12(2)20-16-10-6-14(7-11-16)17(3,19)13-4-8-15(18)9-5-13/h4-12H,19H2,1-3H3. The quantitative estimate of drug-likeness (QED) is 0.896. The summed E-state index contributed by atoms with van der Waals surface area (Å²) in [4.78, 5) is 0. The van der Waals surface area contributed by atoms with Gasteiger partial charge in [0, 0.05) is 4.47 Å². The molecule has 0 amide bonds. The summed E-state index contributed by atoms with van der Waals surface area (Å²) in [5, 5.41) is 0. The SMILES string of the molecule is CC(C)Oc1ccc(C(C)(N)c2ccc(Br)cc2)cc1. The van der Waals surface area contributed by atoms with Crippen molar-refractivity contribution in [3.63, 3.8) is 0 Å². The summed E-state index contributed by atoms with van der Waals surface area (Å²) < 4.78 is 6.71. The maximum absolute atomic E-state index is 6.50. The molecule has 1 atom stereocenters. The van der Waals surface area contributed by atoms with Gasteiger partial charge < -0.3 is 10.5 Å². The van der Waals surface area contributed by atoms with Crippen molar-refractivity contribution >= 4 is 15.9 Å². The van der Waals surface area contributed by atoms with E-state index >= 15 is 0 Å². The molecule has 0 aliphatic carbocycles. The second-order valence-electron chi connectivity index (χ2n) is 5.40. The number of ether oxygens (including phenoxy) is 1. The molecule has 3 heteroatoms. The number of rotatable bonds is 4. The van der Waals surface area contributed by atoms with E-state index in [4.69, 9.17) is 10.5 Å². The lowest BCUT2D eigenvalue weighted by atomic mass is 9.86. The van der Waals surface area contributed by atoms with Crippen LogP contribution in [0.3, 0.4) is 0 Å². The minimum atomic E-state index is -0.517. The molecule has 2 nitrogen and oxygen atoms in total. The Morgan fingerprint density at radius 3 is 1.85 bits per heavy atom. The van der Waals surface area contributed by atoms with Crippen molar-refractivity contribution in [3.8, 4) is 5.75 Å². The predicted octanol–water partition coefficient (Wildman–Crippen LogP) is 4.46. The highest BCUT2D eigenvalue weighted by atomic mass is 79.9. The molecule has 0 saturated carbocycles. The van der Waals surface area contributed by atoms with Crippen LogP contribution in [0.5, 0.6) is 5.75 Å². The zero-order valence-electron chi connectivity index (χ0n) is 12.1. The van der Waals surface area contributed by atoms with E-state index in [-0.39, 0.29) is 6.10 Å². The highest BCUT2D eigenvalue weighted by Gasteiger charge is 2.23. The fourth-order valence-corrected chi connectivity index (χ4v) is 2.38. The molecule has 0 aliphatic rings. The van der Waals surface area contributed by atoms with E-state index in [2.05, 4.69) is 15.9 Å². The lowest BCUT2D eigenvalue weighted by Crippen LogP contribution is -2.34. The van der Waals surface area contributed by atoms with Gasteiger partial charge in [-0.2, -0.15) is 0 Å². The summed E-state index contributed by atoms with van der Waals surface area (Å²) in [7, 11) is 0. The zero-order chi connectivity index (χ0) is 14.8. The lowest BCUT2D eigenvalue weighted by Gasteiger charge is -2.26. The van der Waals surface area contributed by atoms with E-state index < -0.39 is 5.54 Å². The average Bonchev–Trinajstić information content (AvgIpc) is 2.39. The zero-order valence-corrected chi connectivity index (χ0v) is 13.6. The fraction of sp³-hybridized carbons (Fsp3) is 0.294. The molecule has 1 unspecified atom stereocenters. The predicted molar refractivity (Wildman–Crippen MR) is 87.0 cm³/mol. The van der Waals surface area contributed by atoms with Crippen molar-refractivity contribution in [1.82, 2.24) is 0 Å². The van der Waals surface area contributed by atoms with Crippen LogP contribution in [0.2, 0.25) is 0 Å². The van der Waals surface area contributed by atoms with Crippen LogP contribution in [0.15, 0.2) is 53.0 Å². The first-order chi connectivity index (χ1) is 9.39. The highest BCUT2D eigenvalue weighted by Crippen LogP contribution is 2.29. The minimum absolute atomic E-state index is 0.177. The van der Waals surface area contributed by atoms with Crippen LogP contribution < -0.4 is 10.5 Å². The average molecular weight is 334 g/mol. The smallest absolute Gasteiger partial charge is 0.119 e. The molecule has 0 saturated heterocycles. The maximum atomic E-state index is 6.50. The van der Waals surface area contributed by atoms with Crippen molar-refractivity contribution in [1.29, 1.82) is 0 Å². The van der Waals surface area contributed by atoms with E-state index in [0.717, 1.165) is 21.3 Å². The first-order valence-corrected chi connectivity index (χ1v) is 7.51. The van der Waals surface area contributed by atoms with Gasteiger partial charge in [0.1, 0.15) is 5.75 Å². The molecular formula is C17H20BrNO. The van der Waals surface area contributed by atoms with E-state index in [1.54, 1.807) is 0 Å². The van der Waals surface area contributed by atoms with Crippen LogP contribution in [0.1, 0.15) is 31.9 Å². The minimum Gasteiger partial charge on any atom is -0.491 e. The number of benzene rings is 2. The van der Waals surface area contributed by atoms with Crippen molar-refractivity contribution in [2.45, 2.75) is 32.4 Å². The number of halogens is 1. The first-order valence-electron chi connectivity index (χ1n) is 6.71. The van der Waals surface area contributed by atoms with Gasteiger partial charge in [-0.25, -0.2) is 0 Å². The third-order valence-corrected chi connectivity index (χ3v) is 3.80. The summed E-state index contributed by atoms with van der Waals surface area (Å²) in [5.74, 6) is 0.871. The third kappa shape index (κ3) is 3.41. The van der Waals surface area contributed by atoms with Gasteiger partial charge in [-0.15, -0.1) is 0 Å². The third-order valence-electron chi connectivity index (χ3n) is 3.27. The summed E-state index contributed by atoms with van der Waals surface area (Å²) >= 11 is 3.44. The summed E-state index contributed by atoms with van der Waals surface area (Å²) in [6.07, 6.45) is 0.177. The molecule has 0 fully saturated rings. The van der Waals surface area contributed by atoms with E-state index in [1.807, 2.05) is 69.3 Å². The van der Waals surface area contributed by atoms with Gasteiger partial charge in [-0.1, -0.05) is 40.2 Å². The Hall–Kier alpha value is -1.32. The van der Waals surface area contributed by atoms with Gasteiger partial charge in [-0.3, -0.25) is 0 Å². The largest absolute Gasteiger partial charge is 0.491 e. The van der Waals surface area contributed by atoms with Crippen LogP contribution in [0, 0.1) is 0 Å². The summed E-state index contributed by atoms with van der Waals surface area (Å²) in [5.41, 5.74) is 8.14. The van der Waals surface area contributed by atoms with Crippen LogP contribution in [0.4, 0.5) is 0 Å². The van der Waals surface area contributed by atoms with Crippen LogP contribution in [-0.4, -0.2) is 6.10 Å². The Morgan fingerprint density at radius 1 is 0.950 bits per heavy atom. The molecule has 2 aromatic carbocycles. The fourth-order valence-electron chi connectivity index (χ4n) is 2.11. The Kier molecular flexibility index (Phi) is 4.51. The monoisotopic (exact) mass is 333 g/mol. The van der Waals surface area contributed by atoms with Crippen molar-refractivity contribution < 1.29 is 4.74 Å². The van der Waals surface area contributed by atoms with Gasteiger partial charge in [0.05, 0.1) is 11.6 Å².